The number of halogens is 1. The molecule has 0 unspecified atom stereocenters. The summed E-state index contributed by atoms with van der Waals surface area (Å²) in [5, 5.41) is 0. The predicted molar refractivity (Wildman–Crippen MR) is 77.0 cm³/mol. The first-order valence-electron chi connectivity index (χ1n) is 5.78. The van der Waals surface area contributed by atoms with Crippen LogP contribution in [-0.2, 0) is 25.6 Å². The third-order valence-electron chi connectivity index (χ3n) is 2.65. The van der Waals surface area contributed by atoms with Gasteiger partial charge in [0.25, 0.3) is 9.05 Å². The van der Waals surface area contributed by atoms with Crippen molar-refractivity contribution in [3.05, 3.63) is 47.9 Å². The van der Waals surface area contributed by atoms with Gasteiger partial charge in [-0.1, -0.05) is 0 Å². The number of rotatable bonds is 5. The van der Waals surface area contributed by atoms with Gasteiger partial charge in [-0.25, -0.2) is 21.6 Å². The molecule has 0 radical (unpaired) electrons. The summed E-state index contributed by atoms with van der Waals surface area (Å²) in [5.41, 5.74) is 0. The van der Waals surface area contributed by atoms with E-state index in [1.165, 1.54) is 12.1 Å². The molecule has 0 atom stereocenters. The number of benzene rings is 1. The van der Waals surface area contributed by atoms with E-state index in [9.17, 15) is 16.8 Å². The van der Waals surface area contributed by atoms with Gasteiger partial charge in [-0.2, -0.15) is 0 Å². The van der Waals surface area contributed by atoms with Gasteiger partial charge in [0, 0.05) is 10.7 Å². The number of furan rings is 1. The van der Waals surface area contributed by atoms with Crippen molar-refractivity contribution in [2.75, 3.05) is 0 Å². The fourth-order valence-corrected chi connectivity index (χ4v) is 3.37. The normalized spacial score (nSPS) is 12.5. The lowest BCUT2D eigenvalue weighted by Crippen LogP contribution is -2.23. The minimum atomic E-state index is -3.88. The molecule has 1 aromatic heterocycles. The highest BCUT2D eigenvalue weighted by Gasteiger charge is 2.16. The molecular weight excluding hydrogens is 338 g/mol. The number of sulfonamides is 1. The van der Waals surface area contributed by atoms with Crippen molar-refractivity contribution in [2.45, 2.75) is 23.3 Å². The molecule has 6 nitrogen and oxygen atoms in total. The zero-order chi connectivity index (χ0) is 15.7. The van der Waals surface area contributed by atoms with Gasteiger partial charge in [-0.3, -0.25) is 0 Å². The van der Waals surface area contributed by atoms with E-state index in [1.54, 1.807) is 19.1 Å². The first kappa shape index (κ1) is 16.0. The molecule has 0 bridgehead atoms. The highest BCUT2D eigenvalue weighted by atomic mass is 35.7. The molecule has 0 aliphatic carbocycles. The minimum absolute atomic E-state index is 0.00568. The monoisotopic (exact) mass is 349 g/mol. The van der Waals surface area contributed by atoms with Gasteiger partial charge in [0.15, 0.2) is 0 Å². The van der Waals surface area contributed by atoms with E-state index < -0.39 is 19.1 Å². The number of hydrogen-bond donors (Lipinski definition) is 1. The molecule has 9 heteroatoms. The van der Waals surface area contributed by atoms with Gasteiger partial charge in [0.2, 0.25) is 10.0 Å². The molecule has 0 fully saturated rings. The van der Waals surface area contributed by atoms with Crippen molar-refractivity contribution < 1.29 is 21.3 Å². The van der Waals surface area contributed by atoms with E-state index in [1.807, 2.05) is 0 Å². The van der Waals surface area contributed by atoms with E-state index in [-0.39, 0.29) is 16.3 Å². The second-order valence-corrected chi connectivity index (χ2v) is 8.58. The van der Waals surface area contributed by atoms with Gasteiger partial charge in [0.1, 0.15) is 11.5 Å². The van der Waals surface area contributed by atoms with E-state index in [2.05, 4.69) is 4.72 Å². The summed E-state index contributed by atoms with van der Waals surface area (Å²) in [5.74, 6) is 1.16. The number of nitrogens with one attached hydrogen (secondary N) is 1. The van der Waals surface area contributed by atoms with Crippen LogP contribution in [0.15, 0.2) is 50.6 Å². The van der Waals surface area contributed by atoms with Crippen molar-refractivity contribution >= 4 is 29.8 Å². The van der Waals surface area contributed by atoms with Crippen LogP contribution in [0.2, 0.25) is 0 Å². The van der Waals surface area contributed by atoms with Crippen LogP contribution in [0.3, 0.4) is 0 Å². The Kier molecular flexibility index (Phi) is 4.43. The van der Waals surface area contributed by atoms with Gasteiger partial charge in [0.05, 0.1) is 16.3 Å². The van der Waals surface area contributed by atoms with Crippen molar-refractivity contribution in [3.63, 3.8) is 0 Å². The van der Waals surface area contributed by atoms with Crippen LogP contribution in [0, 0.1) is 6.92 Å². The van der Waals surface area contributed by atoms with Crippen molar-refractivity contribution in [1.29, 1.82) is 0 Å². The maximum atomic E-state index is 12.0. The molecule has 114 valence electrons. The highest BCUT2D eigenvalue weighted by molar-refractivity contribution is 8.13. The van der Waals surface area contributed by atoms with Crippen LogP contribution < -0.4 is 4.72 Å². The second-order valence-electron chi connectivity index (χ2n) is 4.25. The summed E-state index contributed by atoms with van der Waals surface area (Å²) in [6, 6.07) is 8.00. The molecule has 0 saturated heterocycles. The standard InChI is InChI=1S/C12H12ClNO5S2/c1-9-2-3-10(19-9)8-14-21(17,18)12-6-4-11(5-7-12)20(13,15)16/h2-7,14H,8H2,1H3. The van der Waals surface area contributed by atoms with Crippen LogP contribution in [0.4, 0.5) is 0 Å². The maximum Gasteiger partial charge on any atom is 0.261 e. The first-order valence-corrected chi connectivity index (χ1v) is 9.57. The van der Waals surface area contributed by atoms with Crippen LogP contribution in [0.1, 0.15) is 11.5 Å². The molecular formula is C12H12ClNO5S2. The second kappa shape index (κ2) is 5.80. The van der Waals surface area contributed by atoms with Gasteiger partial charge >= 0.3 is 0 Å². The van der Waals surface area contributed by atoms with Crippen LogP contribution in [-0.4, -0.2) is 16.8 Å². The fourth-order valence-electron chi connectivity index (χ4n) is 1.61. The largest absolute Gasteiger partial charge is 0.465 e. The zero-order valence-electron chi connectivity index (χ0n) is 10.9. The van der Waals surface area contributed by atoms with Crippen molar-refractivity contribution in [1.82, 2.24) is 4.72 Å². The summed E-state index contributed by atoms with van der Waals surface area (Å²) in [4.78, 5) is -0.223. The topological polar surface area (TPSA) is 93.5 Å². The summed E-state index contributed by atoms with van der Waals surface area (Å²) >= 11 is 0. The summed E-state index contributed by atoms with van der Waals surface area (Å²) < 4.78 is 53.9. The Hall–Kier alpha value is -1.35. The molecule has 1 aromatic carbocycles. The first-order chi connectivity index (χ1) is 9.68. The molecule has 2 aromatic rings. The lowest BCUT2D eigenvalue weighted by molar-refractivity contribution is 0.475. The van der Waals surface area contributed by atoms with Gasteiger partial charge in [-0.05, 0) is 43.3 Å². The van der Waals surface area contributed by atoms with Crippen molar-refractivity contribution in [3.8, 4) is 0 Å². The number of aryl methyl sites for hydroxylation is 1. The smallest absolute Gasteiger partial charge is 0.261 e. The SMILES string of the molecule is Cc1ccc(CNS(=O)(=O)c2ccc(S(=O)(=O)Cl)cc2)o1. The molecule has 1 heterocycles. The van der Waals surface area contributed by atoms with E-state index in [4.69, 9.17) is 15.1 Å². The Bertz CT molecular complexity index is 838. The van der Waals surface area contributed by atoms with Crippen LogP contribution in [0.5, 0.6) is 0 Å². The van der Waals surface area contributed by atoms with Crippen LogP contribution in [0.25, 0.3) is 0 Å². The molecule has 0 aliphatic heterocycles. The summed E-state index contributed by atoms with van der Waals surface area (Å²) in [7, 11) is -2.47. The maximum absolute atomic E-state index is 12.0. The van der Waals surface area contributed by atoms with E-state index >= 15 is 0 Å². The Morgan fingerprint density at radius 1 is 1.00 bits per heavy atom. The molecule has 0 saturated carbocycles. The minimum Gasteiger partial charge on any atom is -0.465 e. The van der Waals surface area contributed by atoms with E-state index in [0.29, 0.717) is 11.5 Å². The molecule has 1 N–H and O–H groups in total. The third kappa shape index (κ3) is 4.07. The zero-order valence-corrected chi connectivity index (χ0v) is 13.3. The number of hydrogen-bond acceptors (Lipinski definition) is 5. The molecule has 21 heavy (non-hydrogen) atoms. The molecule has 0 spiro atoms. The van der Waals surface area contributed by atoms with Gasteiger partial charge in [-0.15, -0.1) is 0 Å². The van der Waals surface area contributed by atoms with Gasteiger partial charge < -0.3 is 4.42 Å². The van der Waals surface area contributed by atoms with Crippen LogP contribution >= 0.6 is 10.7 Å². The average molecular weight is 350 g/mol. The van der Waals surface area contributed by atoms with E-state index in [0.717, 1.165) is 12.1 Å². The highest BCUT2D eigenvalue weighted by Crippen LogP contribution is 2.18. The average Bonchev–Trinajstić information content (AvgIpc) is 2.82. The fraction of sp³-hybridized carbons (Fsp3) is 0.167. The lowest BCUT2D eigenvalue weighted by Gasteiger charge is -2.06. The molecule has 0 aliphatic rings. The van der Waals surface area contributed by atoms with Crippen molar-refractivity contribution in [2.24, 2.45) is 0 Å². The Balaban J connectivity index is 2.16. The quantitative estimate of drug-likeness (QED) is 0.833. The third-order valence-corrected chi connectivity index (χ3v) is 5.43. The Labute approximate surface area is 127 Å². The lowest BCUT2D eigenvalue weighted by atomic mass is 10.4. The molecule has 0 amide bonds. The summed E-state index contributed by atoms with van der Waals surface area (Å²) in [6.07, 6.45) is 0. The molecule has 2 rings (SSSR count). The Morgan fingerprint density at radius 2 is 1.57 bits per heavy atom. The Morgan fingerprint density at radius 3 is 2.05 bits per heavy atom. The summed E-state index contributed by atoms with van der Waals surface area (Å²) in [6.45, 7) is 1.76. The predicted octanol–water partition coefficient (Wildman–Crippen LogP) is 1.99.